The molecule has 2 heterocycles. The minimum Gasteiger partial charge on any atom is -0.497 e. The van der Waals surface area contributed by atoms with Crippen LogP contribution in [-0.4, -0.2) is 40.6 Å². The number of anilines is 1. The van der Waals surface area contributed by atoms with Gasteiger partial charge in [-0.2, -0.15) is 5.26 Å². The van der Waals surface area contributed by atoms with Crippen LogP contribution in [0.15, 0.2) is 27.8 Å². The zero-order valence-electron chi connectivity index (χ0n) is 20.4. The molecule has 0 bridgehead atoms. The lowest BCUT2D eigenvalue weighted by Gasteiger charge is -2.27. The molecule has 10 heteroatoms. The molecule has 184 valence electrons. The number of thioether (sulfide) groups is 1. The van der Waals surface area contributed by atoms with E-state index in [0.717, 1.165) is 48.7 Å². The number of nitrogens with zero attached hydrogens (tertiary/aromatic N) is 4. The smallest absolute Gasteiger partial charge is 0.277 e. The van der Waals surface area contributed by atoms with Crippen molar-refractivity contribution in [3.63, 3.8) is 0 Å². The Morgan fingerprint density at radius 1 is 1.23 bits per heavy atom. The van der Waals surface area contributed by atoms with Crippen LogP contribution in [0, 0.1) is 25.2 Å². The van der Waals surface area contributed by atoms with Gasteiger partial charge in [0.15, 0.2) is 0 Å². The predicted octanol–water partition coefficient (Wildman–Crippen LogP) is 5.28. The van der Waals surface area contributed by atoms with Crippen LogP contribution >= 0.6 is 11.8 Å². The van der Waals surface area contributed by atoms with Gasteiger partial charge < -0.3 is 23.8 Å². The minimum atomic E-state index is -0.233. The molecule has 3 aromatic rings. The number of nitriles is 1. The minimum absolute atomic E-state index is 0.0696. The highest BCUT2D eigenvalue weighted by molar-refractivity contribution is 7.99. The Balaban J connectivity index is 1.47. The molecule has 1 aliphatic carbocycles. The molecular weight excluding hydrogens is 466 g/mol. The highest BCUT2D eigenvalue weighted by atomic mass is 32.2. The van der Waals surface area contributed by atoms with Crippen LogP contribution in [0.4, 0.5) is 5.82 Å². The summed E-state index contributed by atoms with van der Waals surface area (Å²) >= 11 is 1.14. The number of methoxy groups -OCH3 is 2. The Labute approximate surface area is 208 Å². The van der Waals surface area contributed by atoms with Gasteiger partial charge in [0.1, 0.15) is 23.4 Å². The van der Waals surface area contributed by atoms with Crippen LogP contribution in [-0.2, 0) is 4.79 Å². The monoisotopic (exact) mass is 495 g/mol. The van der Waals surface area contributed by atoms with E-state index in [1.165, 1.54) is 6.42 Å². The lowest BCUT2D eigenvalue weighted by molar-refractivity contribution is -0.113. The Kier molecular flexibility index (Phi) is 7.66. The molecule has 1 saturated carbocycles. The number of ether oxygens (including phenoxy) is 2. The summed E-state index contributed by atoms with van der Waals surface area (Å²) in [5.41, 5.74) is 3.10. The van der Waals surface area contributed by atoms with E-state index in [-0.39, 0.29) is 22.8 Å². The van der Waals surface area contributed by atoms with E-state index in [0.29, 0.717) is 34.5 Å². The van der Waals surface area contributed by atoms with Crippen LogP contribution < -0.4 is 14.8 Å². The molecule has 4 rings (SSSR count). The van der Waals surface area contributed by atoms with Crippen molar-refractivity contribution in [3.05, 3.63) is 35.0 Å². The number of rotatable bonds is 8. The molecule has 0 unspecified atom stereocenters. The second-order valence-electron chi connectivity index (χ2n) is 8.48. The number of carbonyl (C=O) groups excluding carboxylic acids is 1. The first-order chi connectivity index (χ1) is 17.0. The van der Waals surface area contributed by atoms with Gasteiger partial charge in [-0.25, -0.2) is 0 Å². The van der Waals surface area contributed by atoms with Crippen molar-refractivity contribution in [1.29, 1.82) is 5.26 Å². The maximum absolute atomic E-state index is 12.9. The highest BCUT2D eigenvalue weighted by Crippen LogP contribution is 2.37. The lowest BCUT2D eigenvalue weighted by Crippen LogP contribution is -2.21. The fourth-order valence-electron chi connectivity index (χ4n) is 4.53. The average Bonchev–Trinajstić information content (AvgIpc) is 3.45. The summed E-state index contributed by atoms with van der Waals surface area (Å²) < 4.78 is 18.5. The molecule has 0 radical (unpaired) electrons. The fraction of sp³-hybridized carbons (Fsp3) is 0.440. The van der Waals surface area contributed by atoms with Crippen molar-refractivity contribution in [1.82, 2.24) is 14.8 Å². The number of hydrogen-bond donors (Lipinski definition) is 1. The van der Waals surface area contributed by atoms with Gasteiger partial charge in [0.25, 0.3) is 11.1 Å². The molecule has 1 amide bonds. The topological polar surface area (TPSA) is 115 Å². The van der Waals surface area contributed by atoms with Crippen molar-refractivity contribution in [2.24, 2.45) is 0 Å². The van der Waals surface area contributed by atoms with Crippen molar-refractivity contribution >= 4 is 23.5 Å². The molecule has 0 spiro atoms. The predicted molar refractivity (Wildman–Crippen MR) is 133 cm³/mol. The molecule has 0 saturated heterocycles. The SMILES string of the molecule is COc1ccc(-c2nnc(SCC(=O)Nc3c(C#N)c(C)c(C)n3C3CCCCC3)o2)c(OC)c1. The zero-order valence-corrected chi connectivity index (χ0v) is 21.2. The van der Waals surface area contributed by atoms with Crippen molar-refractivity contribution in [2.75, 3.05) is 25.3 Å². The van der Waals surface area contributed by atoms with Gasteiger partial charge >= 0.3 is 0 Å². The highest BCUT2D eigenvalue weighted by Gasteiger charge is 2.26. The van der Waals surface area contributed by atoms with Gasteiger partial charge in [0.05, 0.1) is 31.1 Å². The molecule has 0 aliphatic heterocycles. The molecule has 35 heavy (non-hydrogen) atoms. The van der Waals surface area contributed by atoms with Gasteiger partial charge in [-0.3, -0.25) is 4.79 Å². The Bertz CT molecular complexity index is 1250. The first-order valence-electron chi connectivity index (χ1n) is 11.6. The van der Waals surface area contributed by atoms with Crippen molar-refractivity contribution < 1.29 is 18.7 Å². The Morgan fingerprint density at radius 2 is 2.00 bits per heavy atom. The fourth-order valence-corrected chi connectivity index (χ4v) is 5.09. The Hall–Kier alpha value is -3.45. The van der Waals surface area contributed by atoms with Gasteiger partial charge in [-0.1, -0.05) is 31.0 Å². The molecule has 2 aromatic heterocycles. The lowest BCUT2D eigenvalue weighted by atomic mass is 9.95. The molecular formula is C25H29N5O4S. The summed E-state index contributed by atoms with van der Waals surface area (Å²) in [7, 11) is 3.13. The number of amides is 1. The van der Waals surface area contributed by atoms with Crippen LogP contribution in [0.5, 0.6) is 11.5 Å². The van der Waals surface area contributed by atoms with E-state index in [4.69, 9.17) is 13.9 Å². The van der Waals surface area contributed by atoms with Crippen LogP contribution in [0.2, 0.25) is 0 Å². The third-order valence-corrected chi connectivity index (χ3v) is 7.26. The van der Waals surface area contributed by atoms with Gasteiger partial charge in [-0.05, 0) is 44.4 Å². The second-order valence-corrected chi connectivity index (χ2v) is 9.41. The standard InChI is InChI=1S/C25H29N5O4S/c1-15-16(2)30(17-8-6-5-7-9-17)23(20(15)13-26)27-22(31)14-35-25-29-28-24(34-25)19-11-10-18(32-3)12-21(19)33-4/h10-12,17H,5-9,14H2,1-4H3,(H,27,31). The number of hydrogen-bond acceptors (Lipinski definition) is 8. The number of nitrogens with one attached hydrogen (secondary N) is 1. The first kappa shape index (κ1) is 24.7. The number of carbonyl (C=O) groups is 1. The van der Waals surface area contributed by atoms with Crippen molar-refractivity contribution in [3.8, 4) is 29.0 Å². The Morgan fingerprint density at radius 3 is 2.69 bits per heavy atom. The van der Waals surface area contributed by atoms with E-state index < -0.39 is 0 Å². The quantitative estimate of drug-likeness (QED) is 0.420. The molecule has 1 aromatic carbocycles. The molecule has 1 fully saturated rings. The summed E-state index contributed by atoms with van der Waals surface area (Å²) in [4.78, 5) is 12.9. The maximum Gasteiger partial charge on any atom is 0.277 e. The maximum atomic E-state index is 12.9. The third-order valence-electron chi connectivity index (χ3n) is 6.44. The molecule has 1 aliphatic rings. The van der Waals surface area contributed by atoms with E-state index >= 15 is 0 Å². The van der Waals surface area contributed by atoms with Crippen LogP contribution in [0.3, 0.4) is 0 Å². The van der Waals surface area contributed by atoms with Gasteiger partial charge in [0.2, 0.25) is 5.91 Å². The molecule has 9 nitrogen and oxygen atoms in total. The summed E-state index contributed by atoms with van der Waals surface area (Å²) in [5, 5.41) is 21.2. The number of aromatic nitrogens is 3. The summed E-state index contributed by atoms with van der Waals surface area (Å²) in [5.74, 6) is 1.91. The van der Waals surface area contributed by atoms with Crippen LogP contribution in [0.25, 0.3) is 11.5 Å². The van der Waals surface area contributed by atoms with E-state index in [2.05, 4.69) is 26.2 Å². The first-order valence-corrected chi connectivity index (χ1v) is 12.5. The number of benzene rings is 1. The zero-order chi connectivity index (χ0) is 24.9. The van der Waals surface area contributed by atoms with Crippen molar-refractivity contribution in [2.45, 2.75) is 57.2 Å². The molecule has 1 N–H and O–H groups in total. The summed E-state index contributed by atoms with van der Waals surface area (Å²) in [6.07, 6.45) is 5.65. The van der Waals surface area contributed by atoms with Gasteiger partial charge in [-0.15, -0.1) is 10.2 Å². The largest absolute Gasteiger partial charge is 0.497 e. The van der Waals surface area contributed by atoms with E-state index in [9.17, 15) is 10.1 Å². The van der Waals surface area contributed by atoms with E-state index in [1.807, 2.05) is 13.8 Å². The summed E-state index contributed by atoms with van der Waals surface area (Å²) in [6.45, 7) is 3.95. The van der Waals surface area contributed by atoms with Gasteiger partial charge in [0, 0.05) is 17.8 Å². The normalized spacial score (nSPS) is 13.9. The second kappa shape index (κ2) is 10.9. The van der Waals surface area contributed by atoms with E-state index in [1.54, 1.807) is 32.4 Å². The summed E-state index contributed by atoms with van der Waals surface area (Å²) in [6, 6.07) is 7.87. The molecule has 0 atom stereocenters. The van der Waals surface area contributed by atoms with Crippen LogP contribution in [0.1, 0.15) is 55.0 Å². The average molecular weight is 496 g/mol. The third kappa shape index (κ3) is 5.15.